The SMILES string of the molecule is CCOC(=O)CC(c1cncn1C(C)C)N1CCCCC1. The summed E-state index contributed by atoms with van der Waals surface area (Å²) < 4.78 is 7.33. The Hall–Kier alpha value is -1.36. The first-order valence-corrected chi connectivity index (χ1v) is 8.04. The molecule has 1 aromatic rings. The topological polar surface area (TPSA) is 47.4 Å². The van der Waals surface area contributed by atoms with Crippen LogP contribution >= 0.6 is 0 Å². The lowest BCUT2D eigenvalue weighted by Crippen LogP contribution is -2.36. The van der Waals surface area contributed by atoms with Gasteiger partial charge in [-0.1, -0.05) is 6.42 Å². The maximum absolute atomic E-state index is 12.0. The van der Waals surface area contributed by atoms with Crippen LogP contribution in [0.3, 0.4) is 0 Å². The van der Waals surface area contributed by atoms with E-state index in [2.05, 4.69) is 28.3 Å². The van der Waals surface area contributed by atoms with Crippen molar-refractivity contribution >= 4 is 5.97 Å². The zero-order chi connectivity index (χ0) is 15.2. The fraction of sp³-hybridized carbons (Fsp3) is 0.750. The number of ether oxygens (including phenoxy) is 1. The molecule has 0 saturated carbocycles. The van der Waals surface area contributed by atoms with Crippen molar-refractivity contribution in [2.45, 2.75) is 58.5 Å². The molecule has 1 fully saturated rings. The van der Waals surface area contributed by atoms with E-state index in [4.69, 9.17) is 4.74 Å². The summed E-state index contributed by atoms with van der Waals surface area (Å²) in [6, 6.07) is 0.422. The fourth-order valence-electron chi connectivity index (χ4n) is 3.03. The van der Waals surface area contributed by atoms with Gasteiger partial charge in [0, 0.05) is 12.2 Å². The molecule has 0 N–H and O–H groups in total. The molecule has 1 aliphatic heterocycles. The number of carbonyl (C=O) groups excluding carboxylic acids is 1. The Balaban J connectivity index is 2.21. The van der Waals surface area contributed by atoms with E-state index in [-0.39, 0.29) is 12.0 Å². The zero-order valence-electron chi connectivity index (χ0n) is 13.4. The molecule has 5 nitrogen and oxygen atoms in total. The van der Waals surface area contributed by atoms with Gasteiger partial charge in [0.05, 0.1) is 31.1 Å². The lowest BCUT2D eigenvalue weighted by atomic mass is 10.0. The maximum atomic E-state index is 12.0. The Kier molecular flexibility index (Phi) is 5.79. The van der Waals surface area contributed by atoms with E-state index in [1.165, 1.54) is 19.3 Å². The normalized spacial score (nSPS) is 17.9. The molecule has 1 atom stereocenters. The van der Waals surface area contributed by atoms with Crippen molar-refractivity contribution in [1.29, 1.82) is 0 Å². The highest BCUT2D eigenvalue weighted by Crippen LogP contribution is 2.29. The number of rotatable bonds is 6. The molecule has 1 aromatic heterocycles. The highest BCUT2D eigenvalue weighted by atomic mass is 16.5. The molecule has 0 spiro atoms. The van der Waals surface area contributed by atoms with Crippen molar-refractivity contribution in [2.75, 3.05) is 19.7 Å². The predicted octanol–water partition coefficient (Wildman–Crippen LogP) is 2.94. The number of piperidine rings is 1. The molecule has 0 aromatic carbocycles. The summed E-state index contributed by atoms with van der Waals surface area (Å²) >= 11 is 0. The van der Waals surface area contributed by atoms with Crippen LogP contribution in [-0.2, 0) is 9.53 Å². The number of likely N-dealkylation sites (tertiary alicyclic amines) is 1. The Morgan fingerprint density at radius 2 is 2.05 bits per heavy atom. The molecular weight excluding hydrogens is 266 g/mol. The van der Waals surface area contributed by atoms with Crippen LogP contribution in [0, 0.1) is 0 Å². The summed E-state index contributed by atoms with van der Waals surface area (Å²) in [5, 5.41) is 0. The van der Waals surface area contributed by atoms with E-state index in [0.29, 0.717) is 19.1 Å². The van der Waals surface area contributed by atoms with Gasteiger partial charge in [0.25, 0.3) is 0 Å². The number of carbonyl (C=O) groups is 1. The lowest BCUT2D eigenvalue weighted by molar-refractivity contribution is -0.144. The first kappa shape index (κ1) is 16.0. The van der Waals surface area contributed by atoms with Gasteiger partial charge in [-0.05, 0) is 46.7 Å². The minimum absolute atomic E-state index is 0.0780. The first-order chi connectivity index (χ1) is 10.1. The predicted molar refractivity (Wildman–Crippen MR) is 82.0 cm³/mol. The van der Waals surface area contributed by atoms with Crippen LogP contribution in [0.5, 0.6) is 0 Å². The van der Waals surface area contributed by atoms with Gasteiger partial charge in [-0.2, -0.15) is 0 Å². The van der Waals surface area contributed by atoms with Crippen LogP contribution in [0.15, 0.2) is 12.5 Å². The van der Waals surface area contributed by atoms with Crippen LogP contribution in [0.4, 0.5) is 0 Å². The third kappa shape index (κ3) is 4.06. The maximum Gasteiger partial charge on any atom is 0.307 e. The number of esters is 1. The van der Waals surface area contributed by atoms with Crippen molar-refractivity contribution in [1.82, 2.24) is 14.5 Å². The molecule has 1 unspecified atom stereocenters. The number of nitrogens with zero attached hydrogens (tertiary/aromatic N) is 3. The van der Waals surface area contributed by atoms with Gasteiger partial charge in [0.2, 0.25) is 0 Å². The Bertz CT molecular complexity index is 450. The molecule has 0 bridgehead atoms. The average molecular weight is 293 g/mol. The molecule has 2 heterocycles. The van der Waals surface area contributed by atoms with Crippen LogP contribution < -0.4 is 0 Å². The third-order valence-corrected chi connectivity index (χ3v) is 4.09. The number of hydrogen-bond acceptors (Lipinski definition) is 4. The average Bonchev–Trinajstić information content (AvgIpc) is 2.95. The molecule has 2 rings (SSSR count). The Morgan fingerprint density at radius 1 is 1.33 bits per heavy atom. The van der Waals surface area contributed by atoms with E-state index in [1.807, 2.05) is 19.4 Å². The number of aromatic nitrogens is 2. The smallest absolute Gasteiger partial charge is 0.307 e. The molecular formula is C16H27N3O2. The zero-order valence-corrected chi connectivity index (χ0v) is 13.4. The second-order valence-corrected chi connectivity index (χ2v) is 5.94. The van der Waals surface area contributed by atoms with Crippen molar-refractivity contribution in [2.24, 2.45) is 0 Å². The second-order valence-electron chi connectivity index (χ2n) is 5.94. The second kappa shape index (κ2) is 7.59. The van der Waals surface area contributed by atoms with E-state index >= 15 is 0 Å². The molecule has 5 heteroatoms. The summed E-state index contributed by atoms with van der Waals surface area (Å²) in [7, 11) is 0. The van der Waals surface area contributed by atoms with Gasteiger partial charge in [0.1, 0.15) is 0 Å². The number of hydrogen-bond donors (Lipinski definition) is 0. The van der Waals surface area contributed by atoms with Crippen molar-refractivity contribution in [3.8, 4) is 0 Å². The van der Waals surface area contributed by atoms with E-state index in [0.717, 1.165) is 18.8 Å². The molecule has 0 aliphatic carbocycles. The van der Waals surface area contributed by atoms with Crippen LogP contribution in [0.25, 0.3) is 0 Å². The summed E-state index contributed by atoms with van der Waals surface area (Å²) in [4.78, 5) is 18.7. The van der Waals surface area contributed by atoms with Gasteiger partial charge in [-0.3, -0.25) is 9.69 Å². The van der Waals surface area contributed by atoms with E-state index in [9.17, 15) is 4.79 Å². The summed E-state index contributed by atoms with van der Waals surface area (Å²) in [6.45, 7) is 8.67. The fourth-order valence-corrected chi connectivity index (χ4v) is 3.03. The number of imidazole rings is 1. The van der Waals surface area contributed by atoms with E-state index < -0.39 is 0 Å². The summed E-state index contributed by atoms with van der Waals surface area (Å²) in [6.07, 6.45) is 7.86. The van der Waals surface area contributed by atoms with Gasteiger partial charge < -0.3 is 9.30 Å². The van der Waals surface area contributed by atoms with Gasteiger partial charge in [-0.25, -0.2) is 4.98 Å². The summed E-state index contributed by atoms with van der Waals surface area (Å²) in [5.74, 6) is -0.121. The van der Waals surface area contributed by atoms with Crippen LogP contribution in [0.1, 0.15) is 64.2 Å². The Labute approximate surface area is 127 Å². The highest BCUT2D eigenvalue weighted by Gasteiger charge is 2.28. The van der Waals surface area contributed by atoms with Crippen molar-refractivity contribution < 1.29 is 9.53 Å². The minimum Gasteiger partial charge on any atom is -0.466 e. The molecule has 1 saturated heterocycles. The largest absolute Gasteiger partial charge is 0.466 e. The molecule has 0 amide bonds. The lowest BCUT2D eigenvalue weighted by Gasteiger charge is -2.34. The van der Waals surface area contributed by atoms with Crippen molar-refractivity contribution in [3.63, 3.8) is 0 Å². The van der Waals surface area contributed by atoms with Crippen molar-refractivity contribution in [3.05, 3.63) is 18.2 Å². The monoisotopic (exact) mass is 293 g/mol. The van der Waals surface area contributed by atoms with Gasteiger partial charge >= 0.3 is 5.97 Å². The molecule has 0 radical (unpaired) electrons. The Morgan fingerprint density at radius 3 is 2.67 bits per heavy atom. The third-order valence-electron chi connectivity index (χ3n) is 4.09. The highest BCUT2D eigenvalue weighted by molar-refractivity contribution is 5.70. The van der Waals surface area contributed by atoms with Crippen LogP contribution in [-0.4, -0.2) is 40.1 Å². The van der Waals surface area contributed by atoms with E-state index in [1.54, 1.807) is 0 Å². The summed E-state index contributed by atoms with van der Waals surface area (Å²) in [5.41, 5.74) is 1.12. The van der Waals surface area contributed by atoms with Crippen LogP contribution in [0.2, 0.25) is 0 Å². The molecule has 1 aliphatic rings. The molecule has 21 heavy (non-hydrogen) atoms. The standard InChI is InChI=1S/C16H27N3O2/c1-4-21-16(20)10-14(18-8-6-5-7-9-18)15-11-17-12-19(15)13(2)3/h11-14H,4-10H2,1-3H3. The minimum atomic E-state index is -0.121. The quantitative estimate of drug-likeness (QED) is 0.757. The first-order valence-electron chi connectivity index (χ1n) is 8.04. The van der Waals surface area contributed by atoms with Gasteiger partial charge in [0.15, 0.2) is 0 Å². The van der Waals surface area contributed by atoms with Gasteiger partial charge in [-0.15, -0.1) is 0 Å². The molecule has 118 valence electrons.